The first kappa shape index (κ1) is 35.9. The molecular formula is C24H32O14. The number of hydrogen-bond donors (Lipinski definition) is 8. The van der Waals surface area contributed by atoms with Gasteiger partial charge in [0.1, 0.15) is 0 Å². The maximum atomic E-state index is 10.5. The molecule has 0 atom stereocenters. The zero-order valence-corrected chi connectivity index (χ0v) is 20.4. The zero-order valence-electron chi connectivity index (χ0n) is 20.4. The largest absolute Gasteiger partial charge is 0.481 e. The average molecular weight is 545 g/mol. The predicted molar refractivity (Wildman–Crippen MR) is 129 cm³/mol. The Morgan fingerprint density at radius 3 is 1.18 bits per heavy atom. The van der Waals surface area contributed by atoms with Gasteiger partial charge in [-0.1, -0.05) is 18.6 Å². The van der Waals surface area contributed by atoms with Crippen LogP contribution >= 0.6 is 0 Å². The summed E-state index contributed by atoms with van der Waals surface area (Å²) in [5.41, 5.74) is -0.380. The molecule has 1 saturated carbocycles. The van der Waals surface area contributed by atoms with E-state index in [0.29, 0.717) is 37.8 Å². The lowest BCUT2D eigenvalue weighted by atomic mass is 9.95. The Balaban J connectivity index is 0. The van der Waals surface area contributed by atoms with Gasteiger partial charge in [0, 0.05) is 37.8 Å². The number of benzene rings is 1. The predicted octanol–water partition coefficient (Wildman–Crippen LogP) is 2.14. The summed E-state index contributed by atoms with van der Waals surface area (Å²) >= 11 is 0. The van der Waals surface area contributed by atoms with Gasteiger partial charge in [0.2, 0.25) is 0 Å². The van der Waals surface area contributed by atoms with Gasteiger partial charge in [-0.15, -0.1) is 0 Å². The first-order valence-corrected chi connectivity index (χ1v) is 11.2. The van der Waals surface area contributed by atoms with Crippen molar-refractivity contribution in [3.05, 3.63) is 47.5 Å². The van der Waals surface area contributed by atoms with Crippen molar-refractivity contribution in [3.63, 3.8) is 0 Å². The Labute approximate surface area is 217 Å². The molecule has 14 nitrogen and oxygen atoms in total. The smallest absolute Gasteiger partial charge is 0.336 e. The van der Waals surface area contributed by atoms with Crippen LogP contribution in [0.25, 0.3) is 0 Å². The fraction of sp³-hybridized carbons (Fsp3) is 0.417. The number of aliphatic carboxylic acids is 4. The molecule has 38 heavy (non-hydrogen) atoms. The topological polar surface area (TPSA) is 264 Å². The summed E-state index contributed by atoms with van der Waals surface area (Å²) in [6, 6.07) is 5.48. The maximum absolute atomic E-state index is 10.5. The molecule has 0 radical (unpaired) electrons. The van der Waals surface area contributed by atoms with Crippen molar-refractivity contribution in [2.75, 3.05) is 0 Å². The highest BCUT2D eigenvalue weighted by Crippen LogP contribution is 2.24. The molecule has 0 spiro atoms. The standard InChI is InChI=1S/C8H6O4.C6H10O4.C6H12O2.C4H4O4/c9-7(10)5-3-1-2-4-6(5)8(11)12;7-5(8)3-1-2-4-6(9)10;7-6(8)4-2-1-3-5-6;5-3(6)1-2-4(7)8/h1-4H,(H,9,10)(H,11,12);1-4H2,(H,7,8)(H,9,10);7-8H,1-5H2;1-2H,(H,5,6)(H,7,8)/b;;;2-1-. The molecule has 212 valence electrons. The number of carboxylic acid groups (broad SMARTS) is 6. The summed E-state index contributed by atoms with van der Waals surface area (Å²) in [4.78, 5) is 59.8. The van der Waals surface area contributed by atoms with E-state index < -0.39 is 41.6 Å². The van der Waals surface area contributed by atoms with Crippen LogP contribution in [0.1, 0.15) is 78.5 Å². The van der Waals surface area contributed by atoms with Gasteiger partial charge < -0.3 is 40.9 Å². The van der Waals surface area contributed by atoms with Crippen molar-refractivity contribution in [2.24, 2.45) is 0 Å². The van der Waals surface area contributed by atoms with E-state index in [1.54, 1.807) is 0 Å². The lowest BCUT2D eigenvalue weighted by Crippen LogP contribution is -2.30. The van der Waals surface area contributed by atoms with E-state index in [1.165, 1.54) is 24.3 Å². The molecule has 1 aliphatic carbocycles. The van der Waals surface area contributed by atoms with Gasteiger partial charge in [-0.3, -0.25) is 9.59 Å². The van der Waals surface area contributed by atoms with Crippen molar-refractivity contribution < 1.29 is 69.6 Å². The minimum absolute atomic E-state index is 0.0628. The van der Waals surface area contributed by atoms with Crippen LogP contribution in [0.4, 0.5) is 0 Å². The first-order valence-electron chi connectivity index (χ1n) is 11.2. The van der Waals surface area contributed by atoms with Gasteiger partial charge in [-0.25, -0.2) is 19.2 Å². The van der Waals surface area contributed by atoms with Gasteiger partial charge >= 0.3 is 35.8 Å². The molecule has 0 amide bonds. The van der Waals surface area contributed by atoms with Gasteiger partial charge in [0.25, 0.3) is 0 Å². The highest BCUT2D eigenvalue weighted by Gasteiger charge is 2.24. The maximum Gasteiger partial charge on any atom is 0.336 e. The van der Waals surface area contributed by atoms with Crippen LogP contribution in [0.3, 0.4) is 0 Å². The first-order chi connectivity index (χ1) is 17.6. The van der Waals surface area contributed by atoms with Crippen molar-refractivity contribution in [1.82, 2.24) is 0 Å². The number of unbranched alkanes of at least 4 members (excludes halogenated alkanes) is 1. The highest BCUT2D eigenvalue weighted by molar-refractivity contribution is 6.01. The fourth-order valence-corrected chi connectivity index (χ4v) is 2.67. The summed E-state index contributed by atoms with van der Waals surface area (Å²) in [5, 5.41) is 66.8. The third-order valence-corrected chi connectivity index (χ3v) is 4.44. The SMILES string of the molecule is O=C(O)/C=C\C(=O)O.O=C(O)CCCCC(=O)O.O=C(O)c1ccccc1C(=O)O.OC1(O)CCCCC1. The van der Waals surface area contributed by atoms with E-state index in [0.717, 1.165) is 19.3 Å². The molecule has 1 aromatic rings. The van der Waals surface area contributed by atoms with Crippen LogP contribution in [0, 0.1) is 0 Å². The minimum atomic E-state index is -1.32. The summed E-state index contributed by atoms with van der Waals surface area (Å²) < 4.78 is 0. The lowest BCUT2D eigenvalue weighted by Gasteiger charge is -2.25. The second kappa shape index (κ2) is 19.8. The van der Waals surface area contributed by atoms with Crippen molar-refractivity contribution in [3.8, 4) is 0 Å². The fourth-order valence-electron chi connectivity index (χ4n) is 2.67. The number of aliphatic hydroxyl groups is 2. The lowest BCUT2D eigenvalue weighted by molar-refractivity contribution is -0.180. The molecule has 0 unspecified atom stereocenters. The van der Waals surface area contributed by atoms with Crippen molar-refractivity contribution in [1.29, 1.82) is 0 Å². The van der Waals surface area contributed by atoms with E-state index in [9.17, 15) is 28.8 Å². The van der Waals surface area contributed by atoms with Crippen LogP contribution in [0.2, 0.25) is 0 Å². The second-order valence-electron chi connectivity index (χ2n) is 7.70. The average Bonchev–Trinajstić information content (AvgIpc) is 2.81. The summed E-state index contributed by atoms with van der Waals surface area (Å²) in [6.45, 7) is 0. The third kappa shape index (κ3) is 22.2. The molecule has 2 rings (SSSR count). The van der Waals surface area contributed by atoms with E-state index in [-0.39, 0.29) is 24.0 Å². The van der Waals surface area contributed by atoms with E-state index in [4.69, 9.17) is 40.9 Å². The molecule has 1 aliphatic rings. The van der Waals surface area contributed by atoms with Crippen molar-refractivity contribution >= 4 is 35.8 Å². The summed E-state index contributed by atoms with van der Waals surface area (Å²) in [6.07, 6.45) is 6.34. The third-order valence-electron chi connectivity index (χ3n) is 4.44. The molecular weight excluding hydrogens is 512 g/mol. The quantitative estimate of drug-likeness (QED) is 0.126. The van der Waals surface area contributed by atoms with Gasteiger partial charge in [-0.05, 0) is 37.8 Å². The summed E-state index contributed by atoms with van der Waals surface area (Å²) in [7, 11) is 0. The number of carbonyl (C=O) groups is 6. The summed E-state index contributed by atoms with van der Waals surface area (Å²) in [5.74, 6) is -8.03. The molecule has 0 aromatic heterocycles. The van der Waals surface area contributed by atoms with E-state index >= 15 is 0 Å². The molecule has 0 saturated heterocycles. The Kier molecular flexibility index (Phi) is 18.7. The molecule has 14 heteroatoms. The Hall–Kier alpha value is -4.30. The van der Waals surface area contributed by atoms with Gasteiger partial charge in [0.05, 0.1) is 11.1 Å². The minimum Gasteiger partial charge on any atom is -0.481 e. The second-order valence-corrected chi connectivity index (χ2v) is 7.70. The van der Waals surface area contributed by atoms with Gasteiger partial charge in [0.15, 0.2) is 5.79 Å². The normalized spacial score (nSPS) is 13.2. The zero-order chi connectivity index (χ0) is 29.7. The monoisotopic (exact) mass is 544 g/mol. The van der Waals surface area contributed by atoms with Crippen molar-refractivity contribution in [2.45, 2.75) is 63.6 Å². The molecule has 0 aliphatic heterocycles. The van der Waals surface area contributed by atoms with Gasteiger partial charge in [-0.2, -0.15) is 0 Å². The molecule has 8 N–H and O–H groups in total. The number of rotatable bonds is 9. The van der Waals surface area contributed by atoms with Crippen LogP contribution in [0.15, 0.2) is 36.4 Å². The van der Waals surface area contributed by atoms with Crippen LogP contribution in [0.5, 0.6) is 0 Å². The number of hydrogen-bond acceptors (Lipinski definition) is 8. The Morgan fingerprint density at radius 2 is 0.974 bits per heavy atom. The molecule has 0 heterocycles. The molecule has 0 bridgehead atoms. The van der Waals surface area contributed by atoms with E-state index in [1.807, 2.05) is 0 Å². The Bertz CT molecular complexity index is 892. The van der Waals surface area contributed by atoms with Crippen LogP contribution < -0.4 is 0 Å². The molecule has 1 aromatic carbocycles. The van der Waals surface area contributed by atoms with Crippen LogP contribution in [-0.4, -0.2) is 82.5 Å². The number of carboxylic acids is 6. The number of aromatic carboxylic acids is 2. The highest BCUT2D eigenvalue weighted by atomic mass is 16.5. The van der Waals surface area contributed by atoms with Crippen LogP contribution in [-0.2, 0) is 19.2 Å². The Morgan fingerprint density at radius 1 is 0.632 bits per heavy atom. The van der Waals surface area contributed by atoms with E-state index in [2.05, 4.69) is 0 Å². The molecule has 1 fully saturated rings.